The maximum Gasteiger partial charge on any atom is 0.0953 e. The van der Waals surface area contributed by atoms with Crippen LogP contribution in [0.2, 0.25) is 0 Å². The normalized spacial score (nSPS) is 10.6. The molecule has 3 nitrogen and oxygen atoms in total. The highest BCUT2D eigenvalue weighted by atomic mass is 79.9. The van der Waals surface area contributed by atoms with Crippen molar-refractivity contribution in [1.82, 2.24) is 10.2 Å². The van der Waals surface area contributed by atoms with E-state index in [-0.39, 0.29) is 0 Å². The molecule has 1 heterocycles. The minimum absolute atomic E-state index is 0.493. The number of aromatic amines is 1. The van der Waals surface area contributed by atoms with Crippen LogP contribution < -0.4 is 5.73 Å². The molecule has 0 aliphatic heterocycles. The molecule has 1 aromatic carbocycles. The summed E-state index contributed by atoms with van der Waals surface area (Å²) in [6.45, 7) is 2.52. The van der Waals surface area contributed by atoms with Crippen molar-refractivity contribution in [2.45, 2.75) is 13.5 Å². The molecule has 3 N–H and O–H groups in total. The van der Waals surface area contributed by atoms with Gasteiger partial charge in [-0.1, -0.05) is 28.1 Å². The smallest absolute Gasteiger partial charge is 0.0953 e. The summed E-state index contributed by atoms with van der Waals surface area (Å²) in [5, 5.41) is 7.22. The number of H-pyrrole nitrogens is 1. The van der Waals surface area contributed by atoms with Crippen LogP contribution in [-0.2, 0) is 6.54 Å². The van der Waals surface area contributed by atoms with Crippen molar-refractivity contribution in [1.29, 1.82) is 0 Å². The van der Waals surface area contributed by atoms with E-state index in [1.54, 1.807) is 0 Å². The van der Waals surface area contributed by atoms with Gasteiger partial charge in [-0.05, 0) is 24.6 Å². The molecule has 0 aliphatic carbocycles. The molecule has 0 atom stereocenters. The third kappa shape index (κ3) is 1.96. The van der Waals surface area contributed by atoms with E-state index >= 15 is 0 Å². The fraction of sp³-hybridized carbons (Fsp3) is 0.182. The monoisotopic (exact) mass is 265 g/mol. The molecule has 0 unspecified atom stereocenters. The largest absolute Gasteiger partial charge is 0.325 e. The Kier molecular flexibility index (Phi) is 2.88. The highest BCUT2D eigenvalue weighted by molar-refractivity contribution is 9.10. The molecule has 0 bridgehead atoms. The lowest BCUT2D eigenvalue weighted by molar-refractivity contribution is 0.941. The zero-order valence-corrected chi connectivity index (χ0v) is 10.0. The summed E-state index contributed by atoms with van der Waals surface area (Å²) in [5.74, 6) is 0. The number of nitrogens with zero attached hydrogens (tertiary/aromatic N) is 1. The predicted octanol–water partition coefficient (Wildman–Crippen LogP) is 2.61. The Morgan fingerprint density at radius 3 is 2.87 bits per heavy atom. The van der Waals surface area contributed by atoms with Crippen LogP contribution in [0.25, 0.3) is 11.3 Å². The molecule has 1 aromatic heterocycles. The van der Waals surface area contributed by atoms with Crippen LogP contribution in [0.3, 0.4) is 0 Å². The SMILES string of the molecule is Cc1c(-c2cccc(Br)c2)n[nH]c1CN. The number of halogens is 1. The highest BCUT2D eigenvalue weighted by Gasteiger charge is 2.09. The van der Waals surface area contributed by atoms with E-state index in [4.69, 9.17) is 5.73 Å². The van der Waals surface area contributed by atoms with Crippen molar-refractivity contribution in [3.05, 3.63) is 40.0 Å². The van der Waals surface area contributed by atoms with Gasteiger partial charge in [-0.25, -0.2) is 0 Å². The van der Waals surface area contributed by atoms with E-state index in [0.717, 1.165) is 27.0 Å². The molecular weight excluding hydrogens is 254 g/mol. The molecule has 2 rings (SSSR count). The summed E-state index contributed by atoms with van der Waals surface area (Å²) in [6, 6.07) is 8.07. The highest BCUT2D eigenvalue weighted by Crippen LogP contribution is 2.25. The molecule has 0 amide bonds. The lowest BCUT2D eigenvalue weighted by Crippen LogP contribution is -1.98. The van der Waals surface area contributed by atoms with Crippen LogP contribution in [-0.4, -0.2) is 10.2 Å². The van der Waals surface area contributed by atoms with Gasteiger partial charge in [0.05, 0.1) is 11.4 Å². The Morgan fingerprint density at radius 1 is 1.47 bits per heavy atom. The number of nitrogens with one attached hydrogen (secondary N) is 1. The molecule has 2 aromatic rings. The standard InChI is InChI=1S/C11H12BrN3/c1-7-10(6-13)14-15-11(7)8-3-2-4-9(12)5-8/h2-5H,6,13H2,1H3,(H,14,15). The first-order chi connectivity index (χ1) is 7.22. The van der Waals surface area contributed by atoms with E-state index in [1.165, 1.54) is 0 Å². The third-order valence-corrected chi connectivity index (χ3v) is 2.91. The Labute approximate surface area is 96.8 Å². The van der Waals surface area contributed by atoms with Gasteiger partial charge in [0.1, 0.15) is 0 Å². The quantitative estimate of drug-likeness (QED) is 0.877. The second kappa shape index (κ2) is 4.16. The van der Waals surface area contributed by atoms with E-state index in [0.29, 0.717) is 6.54 Å². The molecule has 0 fully saturated rings. The number of hydrogen-bond donors (Lipinski definition) is 2. The fourth-order valence-corrected chi connectivity index (χ4v) is 1.95. The topological polar surface area (TPSA) is 54.7 Å². The van der Waals surface area contributed by atoms with E-state index in [1.807, 2.05) is 31.2 Å². The Bertz CT molecular complexity index is 476. The summed E-state index contributed by atoms with van der Waals surface area (Å²) >= 11 is 3.45. The Morgan fingerprint density at radius 2 is 2.27 bits per heavy atom. The molecular formula is C11H12BrN3. The van der Waals surface area contributed by atoms with Gasteiger partial charge in [0.25, 0.3) is 0 Å². The molecule has 0 spiro atoms. The van der Waals surface area contributed by atoms with Gasteiger partial charge in [-0.15, -0.1) is 0 Å². The van der Waals surface area contributed by atoms with Crippen LogP contribution in [0.5, 0.6) is 0 Å². The first-order valence-electron chi connectivity index (χ1n) is 4.72. The van der Waals surface area contributed by atoms with Crippen LogP contribution in [0, 0.1) is 6.92 Å². The van der Waals surface area contributed by atoms with Gasteiger partial charge in [-0.3, -0.25) is 5.10 Å². The van der Waals surface area contributed by atoms with Crippen molar-refractivity contribution in [2.75, 3.05) is 0 Å². The molecule has 0 saturated heterocycles. The van der Waals surface area contributed by atoms with Crippen molar-refractivity contribution in [2.24, 2.45) is 5.73 Å². The van der Waals surface area contributed by atoms with Crippen LogP contribution in [0.15, 0.2) is 28.7 Å². The molecule has 15 heavy (non-hydrogen) atoms. The van der Waals surface area contributed by atoms with Crippen molar-refractivity contribution >= 4 is 15.9 Å². The Hall–Kier alpha value is -1.13. The zero-order valence-electron chi connectivity index (χ0n) is 8.42. The third-order valence-electron chi connectivity index (χ3n) is 2.41. The van der Waals surface area contributed by atoms with Crippen molar-refractivity contribution < 1.29 is 0 Å². The number of hydrogen-bond acceptors (Lipinski definition) is 2. The van der Waals surface area contributed by atoms with Gasteiger partial charge in [0.2, 0.25) is 0 Å². The summed E-state index contributed by atoms with van der Waals surface area (Å²) in [5.41, 5.74) is 9.77. The van der Waals surface area contributed by atoms with Crippen LogP contribution in [0.4, 0.5) is 0 Å². The van der Waals surface area contributed by atoms with Gasteiger partial charge in [-0.2, -0.15) is 5.10 Å². The molecule has 0 saturated carbocycles. The first kappa shape index (κ1) is 10.4. The molecule has 78 valence electrons. The van der Waals surface area contributed by atoms with Gasteiger partial charge in [0.15, 0.2) is 0 Å². The van der Waals surface area contributed by atoms with E-state index < -0.39 is 0 Å². The first-order valence-corrected chi connectivity index (χ1v) is 5.51. The van der Waals surface area contributed by atoms with Gasteiger partial charge < -0.3 is 5.73 Å². The minimum Gasteiger partial charge on any atom is -0.325 e. The number of rotatable bonds is 2. The fourth-order valence-electron chi connectivity index (χ4n) is 1.55. The lowest BCUT2D eigenvalue weighted by Gasteiger charge is -1.99. The summed E-state index contributed by atoms with van der Waals surface area (Å²) in [4.78, 5) is 0. The second-order valence-corrected chi connectivity index (χ2v) is 4.31. The summed E-state index contributed by atoms with van der Waals surface area (Å²) in [6.07, 6.45) is 0. The maximum absolute atomic E-state index is 5.59. The van der Waals surface area contributed by atoms with E-state index in [2.05, 4.69) is 26.1 Å². The summed E-state index contributed by atoms with van der Waals surface area (Å²) < 4.78 is 1.05. The average Bonchev–Trinajstić information content (AvgIpc) is 2.59. The molecule has 4 heteroatoms. The number of aromatic nitrogens is 2. The van der Waals surface area contributed by atoms with E-state index in [9.17, 15) is 0 Å². The predicted molar refractivity (Wildman–Crippen MR) is 64.4 cm³/mol. The number of nitrogens with two attached hydrogens (primary N) is 1. The average molecular weight is 266 g/mol. The van der Waals surface area contributed by atoms with Crippen LogP contribution in [0.1, 0.15) is 11.3 Å². The lowest BCUT2D eigenvalue weighted by atomic mass is 10.1. The Balaban J connectivity index is 2.49. The second-order valence-electron chi connectivity index (χ2n) is 3.39. The van der Waals surface area contributed by atoms with Gasteiger partial charge in [0, 0.05) is 16.6 Å². The van der Waals surface area contributed by atoms with Gasteiger partial charge >= 0.3 is 0 Å². The maximum atomic E-state index is 5.59. The minimum atomic E-state index is 0.493. The van der Waals surface area contributed by atoms with Crippen molar-refractivity contribution in [3.63, 3.8) is 0 Å². The van der Waals surface area contributed by atoms with Crippen LogP contribution >= 0.6 is 15.9 Å². The summed E-state index contributed by atoms with van der Waals surface area (Å²) in [7, 11) is 0. The zero-order chi connectivity index (χ0) is 10.8. The van der Waals surface area contributed by atoms with Crippen molar-refractivity contribution in [3.8, 4) is 11.3 Å². The number of benzene rings is 1. The molecule has 0 aliphatic rings. The molecule has 0 radical (unpaired) electrons.